The number of ether oxygens (including phenoxy) is 1. The summed E-state index contributed by atoms with van der Waals surface area (Å²) < 4.78 is 5.18. The first-order chi connectivity index (χ1) is 13.1. The Bertz CT molecular complexity index is 877. The molecule has 27 heavy (non-hydrogen) atoms. The molecule has 0 atom stereocenters. The third kappa shape index (κ3) is 4.58. The summed E-state index contributed by atoms with van der Waals surface area (Å²) in [5, 5.41) is 6.76. The molecule has 3 rings (SSSR count). The minimum absolute atomic E-state index is 0.100. The molecule has 140 valence electrons. The molecule has 2 amide bonds. The lowest BCUT2D eigenvalue weighted by atomic mass is 10.0. The van der Waals surface area contributed by atoms with E-state index in [0.29, 0.717) is 21.9 Å². The number of thioether (sulfide) groups is 1. The van der Waals surface area contributed by atoms with Crippen molar-refractivity contribution in [2.75, 3.05) is 24.2 Å². The fraction of sp³-hybridized carbons (Fsp3) is 0.211. The van der Waals surface area contributed by atoms with Crippen LogP contribution < -0.4 is 5.32 Å². The molecular formula is C19H18N2O4S2. The number of hydrogen-bond donors (Lipinski definition) is 1. The van der Waals surface area contributed by atoms with Gasteiger partial charge in [-0.3, -0.25) is 9.59 Å². The second-order valence-corrected chi connectivity index (χ2v) is 7.38. The number of rotatable bonds is 6. The van der Waals surface area contributed by atoms with E-state index in [-0.39, 0.29) is 25.0 Å². The molecule has 2 heterocycles. The monoisotopic (exact) mass is 402 g/mol. The molecule has 0 spiro atoms. The summed E-state index contributed by atoms with van der Waals surface area (Å²) in [6.45, 7) is 1.87. The zero-order valence-electron chi connectivity index (χ0n) is 14.6. The fourth-order valence-corrected chi connectivity index (χ4v) is 4.16. The van der Waals surface area contributed by atoms with E-state index in [9.17, 15) is 14.4 Å². The normalized spacial score (nSPS) is 13.5. The maximum atomic E-state index is 12.5. The van der Waals surface area contributed by atoms with Crippen molar-refractivity contribution in [2.24, 2.45) is 0 Å². The van der Waals surface area contributed by atoms with Gasteiger partial charge in [-0.15, -0.1) is 23.1 Å². The number of amides is 2. The molecular weight excluding hydrogens is 384 g/mol. The van der Waals surface area contributed by atoms with Gasteiger partial charge < -0.3 is 15.0 Å². The van der Waals surface area contributed by atoms with E-state index in [4.69, 9.17) is 4.74 Å². The standard InChI is InChI=1S/C19H18N2O4S2/c1-2-25-19(24)17-14(13-6-4-3-5-7-13)11-27-18(17)20-15(22)10-21-8-9-26-12-16(21)23/h3-9,11H,2,10,12H2,1H3,(H,20,22). The predicted molar refractivity (Wildman–Crippen MR) is 108 cm³/mol. The molecule has 1 aromatic heterocycles. The second kappa shape index (κ2) is 8.88. The highest BCUT2D eigenvalue weighted by Crippen LogP contribution is 2.36. The number of nitrogens with zero attached hydrogens (tertiary/aromatic N) is 1. The van der Waals surface area contributed by atoms with E-state index >= 15 is 0 Å². The van der Waals surface area contributed by atoms with Gasteiger partial charge in [0.05, 0.1) is 12.4 Å². The number of carbonyl (C=O) groups excluding carboxylic acids is 3. The van der Waals surface area contributed by atoms with Gasteiger partial charge in [-0.05, 0) is 17.9 Å². The molecule has 0 bridgehead atoms. The Kier molecular flexibility index (Phi) is 6.31. The van der Waals surface area contributed by atoms with E-state index < -0.39 is 5.97 Å². The highest BCUT2D eigenvalue weighted by atomic mass is 32.2. The SMILES string of the molecule is CCOC(=O)c1c(-c2ccccc2)csc1NC(=O)CN1C=CSCC1=O. The highest BCUT2D eigenvalue weighted by Gasteiger charge is 2.24. The molecule has 1 N–H and O–H groups in total. The van der Waals surface area contributed by atoms with Gasteiger partial charge in [0.15, 0.2) is 0 Å². The van der Waals surface area contributed by atoms with Crippen molar-refractivity contribution in [2.45, 2.75) is 6.92 Å². The van der Waals surface area contributed by atoms with Gasteiger partial charge in [-0.2, -0.15) is 0 Å². The van der Waals surface area contributed by atoms with Crippen LogP contribution in [0.3, 0.4) is 0 Å². The van der Waals surface area contributed by atoms with Crippen molar-refractivity contribution in [3.8, 4) is 11.1 Å². The average molecular weight is 402 g/mol. The van der Waals surface area contributed by atoms with E-state index in [1.807, 2.05) is 35.7 Å². The molecule has 1 aliphatic rings. The number of benzene rings is 1. The third-order valence-electron chi connectivity index (χ3n) is 3.79. The second-order valence-electron chi connectivity index (χ2n) is 5.61. The van der Waals surface area contributed by atoms with Gasteiger partial charge in [-0.1, -0.05) is 30.3 Å². The fourth-order valence-electron chi connectivity index (χ4n) is 2.55. The van der Waals surface area contributed by atoms with Gasteiger partial charge in [-0.25, -0.2) is 4.79 Å². The van der Waals surface area contributed by atoms with Crippen LogP contribution >= 0.6 is 23.1 Å². The summed E-state index contributed by atoms with van der Waals surface area (Å²) >= 11 is 2.65. The van der Waals surface area contributed by atoms with E-state index in [0.717, 1.165) is 5.56 Å². The van der Waals surface area contributed by atoms with Gasteiger partial charge in [0.2, 0.25) is 11.8 Å². The zero-order chi connectivity index (χ0) is 19.2. The Labute approximate surface area is 165 Å². The van der Waals surface area contributed by atoms with Crippen LogP contribution in [0.2, 0.25) is 0 Å². The lowest BCUT2D eigenvalue weighted by Crippen LogP contribution is -2.36. The number of hydrogen-bond acceptors (Lipinski definition) is 6. The lowest BCUT2D eigenvalue weighted by molar-refractivity contribution is -0.129. The predicted octanol–water partition coefficient (Wildman–Crippen LogP) is 3.58. The number of thiophene rings is 1. The lowest BCUT2D eigenvalue weighted by Gasteiger charge is -2.20. The van der Waals surface area contributed by atoms with Crippen molar-refractivity contribution < 1.29 is 19.1 Å². The molecule has 1 aromatic carbocycles. The van der Waals surface area contributed by atoms with Crippen molar-refractivity contribution >= 4 is 45.9 Å². The Morgan fingerprint density at radius 3 is 2.74 bits per heavy atom. The van der Waals surface area contributed by atoms with Crippen LogP contribution in [-0.4, -0.2) is 41.6 Å². The number of anilines is 1. The van der Waals surface area contributed by atoms with Crippen LogP contribution in [0, 0.1) is 0 Å². The molecule has 0 saturated carbocycles. The summed E-state index contributed by atoms with van der Waals surface area (Å²) in [5.74, 6) is -0.667. The molecule has 0 fully saturated rings. The van der Waals surface area contributed by atoms with Gasteiger partial charge in [0, 0.05) is 17.1 Å². The first-order valence-corrected chi connectivity index (χ1v) is 10.2. The maximum Gasteiger partial charge on any atom is 0.341 e. The first kappa shape index (κ1) is 19.2. The van der Waals surface area contributed by atoms with E-state index in [1.54, 1.807) is 18.5 Å². The molecule has 0 aliphatic carbocycles. The number of esters is 1. The van der Waals surface area contributed by atoms with Crippen LogP contribution in [0.1, 0.15) is 17.3 Å². The first-order valence-electron chi connectivity index (χ1n) is 8.31. The largest absolute Gasteiger partial charge is 0.462 e. The summed E-state index contributed by atoms with van der Waals surface area (Å²) in [6, 6.07) is 9.44. The summed E-state index contributed by atoms with van der Waals surface area (Å²) in [4.78, 5) is 38.1. The van der Waals surface area contributed by atoms with Crippen LogP contribution in [0.5, 0.6) is 0 Å². The van der Waals surface area contributed by atoms with E-state index in [1.165, 1.54) is 28.0 Å². The summed E-state index contributed by atoms with van der Waals surface area (Å²) in [5.41, 5.74) is 1.90. The Balaban J connectivity index is 1.84. The average Bonchev–Trinajstić information content (AvgIpc) is 3.08. The Hall–Kier alpha value is -2.58. The summed E-state index contributed by atoms with van der Waals surface area (Å²) in [7, 11) is 0. The topological polar surface area (TPSA) is 75.7 Å². The molecule has 0 saturated heterocycles. The Morgan fingerprint density at radius 1 is 1.26 bits per heavy atom. The zero-order valence-corrected chi connectivity index (χ0v) is 16.3. The van der Waals surface area contributed by atoms with Crippen LogP contribution in [0.4, 0.5) is 5.00 Å². The molecule has 8 heteroatoms. The Morgan fingerprint density at radius 2 is 2.04 bits per heavy atom. The van der Waals surface area contributed by atoms with Crippen LogP contribution in [0.15, 0.2) is 47.3 Å². The van der Waals surface area contributed by atoms with E-state index in [2.05, 4.69) is 5.32 Å². The number of carbonyl (C=O) groups is 3. The van der Waals surface area contributed by atoms with Crippen LogP contribution in [0.25, 0.3) is 11.1 Å². The molecule has 1 aliphatic heterocycles. The molecule has 0 unspecified atom stereocenters. The van der Waals surface area contributed by atoms with Crippen molar-refractivity contribution in [1.29, 1.82) is 0 Å². The number of nitrogens with one attached hydrogen (secondary N) is 1. The van der Waals surface area contributed by atoms with Gasteiger partial charge in [0.1, 0.15) is 17.1 Å². The smallest absolute Gasteiger partial charge is 0.341 e. The highest BCUT2D eigenvalue weighted by molar-refractivity contribution is 8.02. The maximum absolute atomic E-state index is 12.5. The van der Waals surface area contributed by atoms with Gasteiger partial charge in [0.25, 0.3) is 0 Å². The van der Waals surface area contributed by atoms with Gasteiger partial charge >= 0.3 is 5.97 Å². The van der Waals surface area contributed by atoms with Crippen molar-refractivity contribution in [3.05, 3.63) is 52.9 Å². The van der Waals surface area contributed by atoms with Crippen molar-refractivity contribution in [3.63, 3.8) is 0 Å². The molecule has 6 nitrogen and oxygen atoms in total. The van der Waals surface area contributed by atoms with Crippen LogP contribution in [-0.2, 0) is 14.3 Å². The third-order valence-corrected chi connectivity index (χ3v) is 5.41. The minimum Gasteiger partial charge on any atom is -0.462 e. The quantitative estimate of drug-likeness (QED) is 0.748. The molecule has 0 radical (unpaired) electrons. The minimum atomic E-state index is -0.488. The molecule has 2 aromatic rings. The summed E-state index contributed by atoms with van der Waals surface area (Å²) in [6.07, 6.45) is 1.59. The van der Waals surface area contributed by atoms with Crippen molar-refractivity contribution in [1.82, 2.24) is 4.90 Å².